The minimum Gasteiger partial charge on any atom is -0.493 e. The van der Waals surface area contributed by atoms with Gasteiger partial charge < -0.3 is 15.7 Å². The normalized spacial score (nSPS) is 11.5. The minimum atomic E-state index is -0.272. The summed E-state index contributed by atoms with van der Waals surface area (Å²) in [4.78, 5) is 15.3. The molecule has 0 spiro atoms. The first kappa shape index (κ1) is 21.2. The van der Waals surface area contributed by atoms with Crippen LogP contribution in [0.4, 0.5) is 17.1 Å². The summed E-state index contributed by atoms with van der Waals surface area (Å²) in [6.45, 7) is 2.92. The van der Waals surface area contributed by atoms with Gasteiger partial charge in [-0.15, -0.1) is 5.11 Å². The van der Waals surface area contributed by atoms with Gasteiger partial charge in [0.1, 0.15) is 0 Å². The third-order valence-corrected chi connectivity index (χ3v) is 4.74. The maximum atomic E-state index is 13.2. The molecule has 3 N–H and O–H groups in total. The van der Waals surface area contributed by atoms with Gasteiger partial charge in [0.25, 0.3) is 5.69 Å². The van der Waals surface area contributed by atoms with Gasteiger partial charge >= 0.3 is 5.56 Å². The fourth-order valence-corrected chi connectivity index (χ4v) is 3.16. The van der Waals surface area contributed by atoms with Crippen LogP contribution >= 0.6 is 0 Å². The van der Waals surface area contributed by atoms with E-state index in [-0.39, 0.29) is 17.1 Å². The molecule has 0 saturated carbocycles. The first-order valence-corrected chi connectivity index (χ1v) is 9.73. The Labute approximate surface area is 175 Å². The van der Waals surface area contributed by atoms with Crippen molar-refractivity contribution in [2.45, 2.75) is 19.9 Å². The summed E-state index contributed by atoms with van der Waals surface area (Å²) in [5.74, 6) is -0.185. The summed E-state index contributed by atoms with van der Waals surface area (Å²) in [6.07, 6.45) is 4.30. The number of benzene rings is 1. The van der Waals surface area contributed by atoms with Crippen LogP contribution in [0.3, 0.4) is 0 Å². The molecule has 0 saturated heterocycles. The predicted molar refractivity (Wildman–Crippen MR) is 117 cm³/mol. The van der Waals surface area contributed by atoms with E-state index in [4.69, 9.17) is 5.73 Å². The van der Waals surface area contributed by atoms with Crippen molar-refractivity contribution in [3.8, 4) is 11.6 Å². The summed E-state index contributed by atoms with van der Waals surface area (Å²) >= 11 is 0. The molecular weight excluding hydrogens is 380 g/mol. The first-order valence-electron chi connectivity index (χ1n) is 9.73. The zero-order chi connectivity index (χ0) is 21.7. The van der Waals surface area contributed by atoms with Crippen molar-refractivity contribution in [3.63, 3.8) is 0 Å². The standard InChI is InChI=1S/C22H26N6O2/c1-16-19(25-24-18-10-8-17(23)9-11-18)21(29)28(15-7-12-26(2)3)22(30)20(16)27-13-5-4-6-14-27/h4-6,8-11,13-14H,7,12,15H2,1-3H3,(H2-,23,24,25,29,30)/p+1. The molecular formula is C22H27N6O2+. The van der Waals surface area contributed by atoms with Crippen molar-refractivity contribution in [2.24, 2.45) is 10.2 Å². The summed E-state index contributed by atoms with van der Waals surface area (Å²) in [6, 6.07) is 12.5. The molecule has 8 nitrogen and oxygen atoms in total. The molecule has 3 aromatic rings. The number of rotatable bonds is 7. The molecule has 156 valence electrons. The van der Waals surface area contributed by atoms with E-state index >= 15 is 0 Å². The highest BCUT2D eigenvalue weighted by atomic mass is 16.3. The maximum Gasteiger partial charge on any atom is 0.326 e. The van der Waals surface area contributed by atoms with E-state index in [0.717, 1.165) is 6.54 Å². The molecule has 0 bridgehead atoms. The van der Waals surface area contributed by atoms with Gasteiger partial charge in [-0.3, -0.25) is 9.36 Å². The van der Waals surface area contributed by atoms with Crippen molar-refractivity contribution in [2.75, 3.05) is 26.4 Å². The number of azo groups is 1. The molecule has 1 aromatic carbocycles. The molecule has 0 unspecified atom stereocenters. The second-order valence-corrected chi connectivity index (χ2v) is 7.33. The largest absolute Gasteiger partial charge is 0.493 e. The Kier molecular flexibility index (Phi) is 6.58. The average Bonchev–Trinajstić information content (AvgIpc) is 2.72. The Bertz CT molecular complexity index is 1090. The highest BCUT2D eigenvalue weighted by Gasteiger charge is 2.25. The second-order valence-electron chi connectivity index (χ2n) is 7.33. The van der Waals surface area contributed by atoms with E-state index in [9.17, 15) is 9.90 Å². The van der Waals surface area contributed by atoms with E-state index in [1.54, 1.807) is 48.1 Å². The molecule has 0 aliphatic rings. The number of hydrogen-bond donors (Lipinski definition) is 2. The number of aromatic hydroxyl groups is 1. The molecule has 0 aliphatic carbocycles. The SMILES string of the molecule is Cc1c(N=Nc2ccc(N)cc2)c(O)n(CCCN(C)C)c(=O)c1-[n+]1ccccc1. The highest BCUT2D eigenvalue weighted by Crippen LogP contribution is 2.32. The van der Waals surface area contributed by atoms with E-state index in [0.29, 0.717) is 35.6 Å². The predicted octanol–water partition coefficient (Wildman–Crippen LogP) is 3.09. The maximum absolute atomic E-state index is 13.2. The van der Waals surface area contributed by atoms with Crippen LogP contribution in [-0.2, 0) is 6.54 Å². The van der Waals surface area contributed by atoms with Gasteiger partial charge in [-0.25, -0.2) is 0 Å². The summed E-state index contributed by atoms with van der Waals surface area (Å²) < 4.78 is 3.10. The Morgan fingerprint density at radius 2 is 1.77 bits per heavy atom. The number of anilines is 1. The van der Waals surface area contributed by atoms with Crippen LogP contribution in [0.2, 0.25) is 0 Å². The van der Waals surface area contributed by atoms with Crippen molar-refractivity contribution in [1.29, 1.82) is 0 Å². The molecule has 0 amide bonds. The quantitative estimate of drug-likeness (QED) is 0.357. The monoisotopic (exact) mass is 407 g/mol. The number of aromatic nitrogens is 2. The van der Waals surface area contributed by atoms with Gasteiger partial charge in [-0.05, 0) is 58.3 Å². The lowest BCUT2D eigenvalue weighted by Crippen LogP contribution is -2.40. The molecule has 2 aromatic heterocycles. The lowest BCUT2D eigenvalue weighted by Gasteiger charge is -2.14. The van der Waals surface area contributed by atoms with E-state index in [1.807, 2.05) is 37.2 Å². The van der Waals surface area contributed by atoms with Crippen LogP contribution in [0.25, 0.3) is 5.69 Å². The zero-order valence-electron chi connectivity index (χ0n) is 17.5. The molecule has 0 atom stereocenters. The molecule has 8 heteroatoms. The van der Waals surface area contributed by atoms with Crippen LogP contribution in [0.5, 0.6) is 5.88 Å². The summed E-state index contributed by atoms with van der Waals surface area (Å²) in [5, 5.41) is 19.4. The topological polar surface area (TPSA) is 100 Å². The van der Waals surface area contributed by atoms with Crippen LogP contribution in [0.15, 0.2) is 69.9 Å². The minimum absolute atomic E-state index is 0.185. The molecule has 2 heterocycles. The van der Waals surface area contributed by atoms with Gasteiger partial charge in [0.15, 0.2) is 18.1 Å². The number of hydrogen-bond acceptors (Lipinski definition) is 6. The van der Waals surface area contributed by atoms with Crippen LogP contribution in [0.1, 0.15) is 12.0 Å². The van der Waals surface area contributed by atoms with E-state index < -0.39 is 0 Å². The second kappa shape index (κ2) is 9.32. The van der Waals surface area contributed by atoms with Crippen molar-refractivity contribution >= 4 is 17.1 Å². The molecule has 0 aliphatic heterocycles. The van der Waals surface area contributed by atoms with Crippen molar-refractivity contribution in [3.05, 3.63) is 70.8 Å². The molecule has 0 radical (unpaired) electrons. The van der Waals surface area contributed by atoms with E-state index in [1.165, 1.54) is 4.57 Å². The molecule has 30 heavy (non-hydrogen) atoms. The van der Waals surface area contributed by atoms with Gasteiger partial charge in [0.05, 0.1) is 11.3 Å². The van der Waals surface area contributed by atoms with Crippen molar-refractivity contribution in [1.82, 2.24) is 9.47 Å². The van der Waals surface area contributed by atoms with Gasteiger partial charge in [0, 0.05) is 24.4 Å². The Morgan fingerprint density at radius 1 is 1.10 bits per heavy atom. The van der Waals surface area contributed by atoms with E-state index in [2.05, 4.69) is 10.2 Å². The number of pyridine rings is 2. The lowest BCUT2D eigenvalue weighted by molar-refractivity contribution is -0.597. The van der Waals surface area contributed by atoms with Crippen LogP contribution < -0.4 is 15.9 Å². The summed E-state index contributed by atoms with van der Waals surface area (Å²) in [7, 11) is 3.94. The number of nitrogens with two attached hydrogens (primary N) is 1. The smallest absolute Gasteiger partial charge is 0.326 e. The first-order chi connectivity index (χ1) is 14.4. The van der Waals surface area contributed by atoms with Gasteiger partial charge in [-0.1, -0.05) is 6.07 Å². The highest BCUT2D eigenvalue weighted by molar-refractivity contribution is 5.59. The third-order valence-electron chi connectivity index (χ3n) is 4.74. The fourth-order valence-electron chi connectivity index (χ4n) is 3.16. The third kappa shape index (κ3) is 4.72. The average molecular weight is 407 g/mol. The number of nitrogen functional groups attached to an aromatic ring is 1. The zero-order valence-corrected chi connectivity index (χ0v) is 17.5. The summed E-state index contributed by atoms with van der Waals surface area (Å²) in [5.41, 5.74) is 7.93. The van der Waals surface area contributed by atoms with Crippen LogP contribution in [0, 0.1) is 6.92 Å². The lowest BCUT2D eigenvalue weighted by atomic mass is 10.2. The van der Waals surface area contributed by atoms with Crippen molar-refractivity contribution < 1.29 is 9.67 Å². The Balaban J connectivity index is 2.12. The molecule has 3 rings (SSSR count). The Morgan fingerprint density at radius 3 is 2.40 bits per heavy atom. The fraction of sp³-hybridized carbons (Fsp3) is 0.273. The van der Waals surface area contributed by atoms with Crippen LogP contribution in [-0.4, -0.2) is 35.2 Å². The van der Waals surface area contributed by atoms with Gasteiger partial charge in [-0.2, -0.15) is 9.68 Å². The van der Waals surface area contributed by atoms with Gasteiger partial charge in [0.2, 0.25) is 5.88 Å². The molecule has 0 fully saturated rings. The Hall–Kier alpha value is -3.52. The number of nitrogens with zero attached hydrogens (tertiary/aromatic N) is 5.